The number of esters is 1. The number of benzene rings is 2. The van der Waals surface area contributed by atoms with Crippen LogP contribution in [-0.4, -0.2) is 62.6 Å². The van der Waals surface area contributed by atoms with E-state index < -0.39 is 16.0 Å². The molecule has 0 saturated carbocycles. The van der Waals surface area contributed by atoms with Crippen LogP contribution in [0.4, 0.5) is 0 Å². The van der Waals surface area contributed by atoms with Crippen molar-refractivity contribution in [3.63, 3.8) is 0 Å². The number of methoxy groups -OCH3 is 3. The number of nitrogens with zero attached hydrogens (tertiary/aromatic N) is 3. The molecule has 0 atom stereocenters. The van der Waals surface area contributed by atoms with Gasteiger partial charge in [-0.3, -0.25) is 4.98 Å². The Hall–Kier alpha value is -3.48. The number of imidazole rings is 1. The lowest BCUT2D eigenvalue weighted by molar-refractivity contribution is -0.142. The van der Waals surface area contributed by atoms with Crippen LogP contribution in [-0.2, 0) is 25.3 Å². The normalized spacial score (nSPS) is 10.2. The predicted octanol–water partition coefficient (Wildman–Crippen LogP) is 7.05. The molecule has 2 aromatic carbocycles. The highest BCUT2D eigenvalue weighted by Gasteiger charge is 2.26. The summed E-state index contributed by atoms with van der Waals surface area (Å²) in [6.45, 7) is 11.6. The smallest absolute Gasteiger partial charge is 0.343 e. The Kier molecular flexibility index (Phi) is 16.7. The monoisotopic (exact) mass is 667 g/mol. The number of rotatable bonds is 10. The molecule has 0 unspecified atom stereocenters. The van der Waals surface area contributed by atoms with Gasteiger partial charge in [0.15, 0.2) is 11.8 Å². The van der Waals surface area contributed by atoms with Gasteiger partial charge in [-0.1, -0.05) is 39.5 Å². The molecule has 44 heavy (non-hydrogen) atoms. The summed E-state index contributed by atoms with van der Waals surface area (Å²) in [4.78, 5) is 20.5. The van der Waals surface area contributed by atoms with Gasteiger partial charge < -0.3 is 18.9 Å². The number of hydrogen-bond donors (Lipinski definition) is 0. The second kappa shape index (κ2) is 19.0. The van der Waals surface area contributed by atoms with Crippen molar-refractivity contribution in [3.05, 3.63) is 65.5 Å². The molecule has 242 valence electrons. The van der Waals surface area contributed by atoms with Crippen LogP contribution in [0, 0.1) is 13.8 Å². The first-order chi connectivity index (χ1) is 21.2. The van der Waals surface area contributed by atoms with Gasteiger partial charge in [0.2, 0.25) is 0 Å². The summed E-state index contributed by atoms with van der Waals surface area (Å²) >= 11 is 5.89. The van der Waals surface area contributed by atoms with Crippen molar-refractivity contribution >= 4 is 50.4 Å². The number of carbonyl (C=O) groups is 1. The van der Waals surface area contributed by atoms with Crippen LogP contribution in [0.5, 0.6) is 17.2 Å². The van der Waals surface area contributed by atoms with E-state index in [2.05, 4.69) is 26.3 Å². The summed E-state index contributed by atoms with van der Waals surface area (Å²) in [5.41, 5.74) is 3.44. The zero-order chi connectivity index (χ0) is 33.4. The van der Waals surface area contributed by atoms with Crippen LogP contribution in [0.3, 0.4) is 0 Å². The fourth-order valence-corrected chi connectivity index (χ4v) is 6.56. The van der Waals surface area contributed by atoms with E-state index in [-0.39, 0.29) is 16.7 Å². The Morgan fingerprint density at radius 3 is 2.11 bits per heavy atom. The van der Waals surface area contributed by atoms with Crippen molar-refractivity contribution in [2.24, 2.45) is 0 Å². The molecule has 0 radical (unpaired) electrons. The molecule has 0 aliphatic heterocycles. The lowest BCUT2D eigenvalue weighted by Crippen LogP contribution is -2.15. The highest BCUT2D eigenvalue weighted by atomic mass is 35.5. The number of carbonyl (C=O) groups excluding carboxylic acids is 1. The summed E-state index contributed by atoms with van der Waals surface area (Å²) in [5.74, 6) is 1.40. The molecule has 0 fully saturated rings. The average Bonchev–Trinajstić information content (AvgIpc) is 3.44. The molecule has 4 rings (SSSR count). The number of pyridine rings is 1. The van der Waals surface area contributed by atoms with E-state index >= 15 is 0 Å². The molecule has 0 saturated heterocycles. The number of hydrogen-bond acceptors (Lipinski definition) is 10. The van der Waals surface area contributed by atoms with E-state index in [1.165, 1.54) is 60.6 Å². The van der Waals surface area contributed by atoms with Gasteiger partial charge >= 0.3 is 5.97 Å². The summed E-state index contributed by atoms with van der Waals surface area (Å²) in [7, 11) is 0.300. The van der Waals surface area contributed by atoms with Crippen molar-refractivity contribution in [2.75, 3.05) is 34.3 Å². The molecular formula is C31H42ClN3O7S2. The molecule has 0 spiro atoms. The third kappa shape index (κ3) is 9.26. The molecule has 0 aliphatic rings. The minimum Gasteiger partial charge on any atom is -0.497 e. The van der Waals surface area contributed by atoms with E-state index in [9.17, 15) is 13.2 Å². The topological polar surface area (TPSA) is 119 Å². The molecule has 0 bridgehead atoms. The molecular weight excluding hydrogens is 626 g/mol. The van der Waals surface area contributed by atoms with Gasteiger partial charge in [0.1, 0.15) is 17.2 Å². The van der Waals surface area contributed by atoms with Gasteiger partial charge in [-0.05, 0) is 50.2 Å². The fraction of sp³-hybridized carbons (Fsp3) is 0.387. The van der Waals surface area contributed by atoms with Crippen LogP contribution >= 0.6 is 23.4 Å². The first-order valence-corrected chi connectivity index (χ1v) is 17.0. The average molecular weight is 668 g/mol. The summed E-state index contributed by atoms with van der Waals surface area (Å²) < 4.78 is 49.7. The zero-order valence-electron chi connectivity index (χ0n) is 26.9. The van der Waals surface area contributed by atoms with Gasteiger partial charge in [0, 0.05) is 35.5 Å². The van der Waals surface area contributed by atoms with Gasteiger partial charge in [-0.2, -0.15) is 0 Å². The number of ether oxygens (including phenoxy) is 4. The van der Waals surface area contributed by atoms with Gasteiger partial charge in [-0.15, -0.1) is 11.6 Å². The highest BCUT2D eigenvalue weighted by molar-refractivity contribution is 7.99. The summed E-state index contributed by atoms with van der Waals surface area (Å²) in [5, 5.41) is 0.278. The maximum absolute atomic E-state index is 13.9. The predicted molar refractivity (Wildman–Crippen MR) is 177 cm³/mol. The molecule has 2 aromatic heterocycles. The quantitative estimate of drug-likeness (QED) is 0.0988. The first kappa shape index (κ1) is 38.5. The second-order valence-corrected chi connectivity index (χ2v) is 10.9. The molecule has 0 N–H and O–H groups in total. The second-order valence-electron chi connectivity index (χ2n) is 8.19. The van der Waals surface area contributed by atoms with Gasteiger partial charge in [0.25, 0.3) is 10.0 Å². The van der Waals surface area contributed by atoms with Crippen molar-refractivity contribution in [1.82, 2.24) is 13.9 Å². The van der Waals surface area contributed by atoms with E-state index in [1.54, 1.807) is 31.5 Å². The van der Waals surface area contributed by atoms with Gasteiger partial charge in [-0.25, -0.2) is 22.2 Å². The number of aryl methyl sites for hydroxylation is 1. The van der Waals surface area contributed by atoms with Gasteiger partial charge in [0.05, 0.1) is 43.0 Å². The standard InChI is InChI=1S/C26H27N3O7S2.2C2H6.CH3Cl/c1-16-13-27-22(17(2)25(16)35-5)15-37-26-28-21-11-8-19(33-3)12-23(21)29(26)38(31,32)20-9-6-18(7-10-20)36-14-24(30)34-4;3*1-2/h6-13H,14-15H2,1-5H3;2*1-2H3;1H3. The van der Waals surface area contributed by atoms with E-state index in [4.69, 9.17) is 14.2 Å². The Balaban J connectivity index is 0.00000152. The van der Waals surface area contributed by atoms with Crippen molar-refractivity contribution in [1.29, 1.82) is 0 Å². The Morgan fingerprint density at radius 2 is 1.55 bits per heavy atom. The third-order valence-corrected chi connectivity index (χ3v) is 8.61. The lowest BCUT2D eigenvalue weighted by Gasteiger charge is -2.13. The van der Waals surface area contributed by atoms with Crippen LogP contribution in [0.1, 0.15) is 44.5 Å². The molecule has 2 heterocycles. The minimum absolute atomic E-state index is 0.0261. The highest BCUT2D eigenvalue weighted by Crippen LogP contribution is 2.34. The van der Waals surface area contributed by atoms with E-state index in [0.29, 0.717) is 28.3 Å². The van der Waals surface area contributed by atoms with Crippen LogP contribution in [0.25, 0.3) is 11.0 Å². The van der Waals surface area contributed by atoms with Crippen molar-refractivity contribution < 1.29 is 32.2 Å². The van der Waals surface area contributed by atoms with E-state index in [0.717, 1.165) is 22.6 Å². The lowest BCUT2D eigenvalue weighted by atomic mass is 10.1. The largest absolute Gasteiger partial charge is 0.497 e. The summed E-state index contributed by atoms with van der Waals surface area (Å²) in [6, 6.07) is 10.9. The molecule has 10 nitrogen and oxygen atoms in total. The number of thioether (sulfide) groups is 1. The maximum atomic E-state index is 13.9. The first-order valence-electron chi connectivity index (χ1n) is 13.8. The maximum Gasteiger partial charge on any atom is 0.343 e. The number of aromatic nitrogens is 3. The van der Waals surface area contributed by atoms with Crippen LogP contribution < -0.4 is 14.2 Å². The number of fused-ring (bicyclic) bond motifs is 1. The van der Waals surface area contributed by atoms with Crippen molar-refractivity contribution in [2.45, 2.75) is 57.3 Å². The number of alkyl halides is 1. The Morgan fingerprint density at radius 1 is 0.932 bits per heavy atom. The third-order valence-electron chi connectivity index (χ3n) is 5.83. The van der Waals surface area contributed by atoms with Crippen LogP contribution in [0.2, 0.25) is 0 Å². The molecule has 13 heteroatoms. The van der Waals surface area contributed by atoms with E-state index in [1.807, 2.05) is 41.5 Å². The minimum atomic E-state index is -4.08. The zero-order valence-corrected chi connectivity index (χ0v) is 29.3. The summed E-state index contributed by atoms with van der Waals surface area (Å²) in [6.07, 6.45) is 3.20. The molecule has 0 aliphatic carbocycles. The molecule has 0 amide bonds. The Labute approximate surface area is 270 Å². The Bertz CT molecular complexity index is 1590. The molecule has 4 aromatic rings. The van der Waals surface area contributed by atoms with Crippen LogP contribution in [0.15, 0.2) is 58.7 Å². The number of halogens is 1. The van der Waals surface area contributed by atoms with Crippen molar-refractivity contribution in [3.8, 4) is 17.2 Å². The fourth-order valence-electron chi connectivity index (χ4n) is 3.83. The SMILES string of the molecule is CC.CC.CCl.COC(=O)COc1ccc(S(=O)(=O)n2c(SCc3ncc(C)c(OC)c3C)nc3ccc(OC)cc32)cc1.